The fourth-order valence-corrected chi connectivity index (χ4v) is 2.28. The molecule has 1 aromatic rings. The molecule has 1 N–H and O–H groups in total. The lowest BCUT2D eigenvalue weighted by atomic mass is 10.1. The average Bonchev–Trinajstić information content (AvgIpc) is 2.41. The first-order valence-electron chi connectivity index (χ1n) is 6.12. The minimum Gasteiger partial charge on any atom is -0.395 e. The van der Waals surface area contributed by atoms with Gasteiger partial charge in [-0.05, 0) is 24.6 Å². The molecule has 0 saturated heterocycles. The van der Waals surface area contributed by atoms with Crippen LogP contribution in [0.15, 0.2) is 24.3 Å². The summed E-state index contributed by atoms with van der Waals surface area (Å²) in [6, 6.07) is 7.44. The number of hydrogen-bond acceptors (Lipinski definition) is 3. The summed E-state index contributed by atoms with van der Waals surface area (Å²) in [4.78, 5) is 0. The van der Waals surface area contributed by atoms with Crippen molar-refractivity contribution in [3.63, 3.8) is 0 Å². The normalized spacial score (nSPS) is 11.2. The fraction of sp³-hybridized carbons (Fsp3) is 0.429. The van der Waals surface area contributed by atoms with Crippen LogP contribution in [0, 0.1) is 11.8 Å². The van der Waals surface area contributed by atoms with Crippen molar-refractivity contribution in [2.24, 2.45) is 0 Å². The van der Waals surface area contributed by atoms with Gasteiger partial charge in [-0.2, -0.15) is 0 Å². The Morgan fingerprint density at radius 3 is 2.42 bits per heavy atom. The van der Waals surface area contributed by atoms with Crippen molar-refractivity contribution in [3.8, 4) is 11.8 Å². The first-order chi connectivity index (χ1) is 8.99. The van der Waals surface area contributed by atoms with Crippen LogP contribution in [0.5, 0.6) is 0 Å². The van der Waals surface area contributed by atoms with E-state index in [-0.39, 0.29) is 12.4 Å². The molecule has 0 saturated carbocycles. The minimum atomic E-state index is -3.15. The van der Waals surface area contributed by atoms with Crippen LogP contribution >= 0.6 is 0 Å². The summed E-state index contributed by atoms with van der Waals surface area (Å²) in [6.45, 7) is 2.05. The topological polar surface area (TPSA) is 57.6 Å². The summed E-state index contributed by atoms with van der Waals surface area (Å²) >= 11 is 0. The molecule has 0 atom stereocenters. The zero-order valence-corrected chi connectivity index (χ0v) is 12.1. The van der Waals surface area contributed by atoms with Crippen LogP contribution in [0.4, 0.5) is 0 Å². The van der Waals surface area contributed by atoms with Gasteiger partial charge in [0.05, 0.1) is 12.4 Å². The third-order valence-corrected chi connectivity index (χ3v) is 4.48. The molecule has 0 unspecified atom stereocenters. The van der Waals surface area contributed by atoms with Gasteiger partial charge in [0, 0.05) is 25.6 Å². The van der Waals surface area contributed by atoms with Crippen molar-refractivity contribution >= 4 is 10.0 Å². The van der Waals surface area contributed by atoms with Crippen LogP contribution in [-0.4, -0.2) is 37.2 Å². The van der Waals surface area contributed by atoms with Gasteiger partial charge < -0.3 is 5.11 Å². The molecule has 4 nitrogen and oxygen atoms in total. The molecule has 1 aromatic carbocycles. The van der Waals surface area contributed by atoms with Gasteiger partial charge in [-0.15, -0.1) is 0 Å². The van der Waals surface area contributed by atoms with Crippen molar-refractivity contribution in [2.75, 3.05) is 19.4 Å². The average molecular weight is 281 g/mol. The van der Waals surface area contributed by atoms with E-state index < -0.39 is 10.0 Å². The van der Waals surface area contributed by atoms with Gasteiger partial charge in [-0.1, -0.05) is 24.0 Å². The number of aliphatic hydroxyl groups is 1. The third kappa shape index (κ3) is 5.03. The summed E-state index contributed by atoms with van der Waals surface area (Å²) in [6.07, 6.45) is 0.458. The van der Waals surface area contributed by atoms with Crippen molar-refractivity contribution in [2.45, 2.75) is 19.9 Å². The van der Waals surface area contributed by atoms with E-state index >= 15 is 0 Å². The monoisotopic (exact) mass is 281 g/mol. The molecule has 0 aliphatic carbocycles. The lowest BCUT2D eigenvalue weighted by Crippen LogP contribution is -2.27. The summed E-state index contributed by atoms with van der Waals surface area (Å²) in [5, 5.41) is 8.62. The molecule has 1 rings (SSSR count). The van der Waals surface area contributed by atoms with Crippen LogP contribution in [0.2, 0.25) is 0 Å². The molecule has 0 aliphatic heterocycles. The van der Waals surface area contributed by atoms with E-state index in [4.69, 9.17) is 5.11 Å². The molecular formula is C14H19NO3S. The Hall–Kier alpha value is -1.35. The first kappa shape index (κ1) is 15.7. The van der Waals surface area contributed by atoms with E-state index in [1.807, 2.05) is 24.3 Å². The Labute approximate surface area is 115 Å². The molecule has 0 heterocycles. The Kier molecular flexibility index (Phi) is 6.03. The van der Waals surface area contributed by atoms with Gasteiger partial charge in [0.25, 0.3) is 0 Å². The van der Waals surface area contributed by atoms with Crippen LogP contribution in [0.25, 0.3) is 0 Å². The Bertz CT molecular complexity index is 553. The molecule has 0 bridgehead atoms. The molecule has 0 fully saturated rings. The van der Waals surface area contributed by atoms with Crippen molar-refractivity contribution in [3.05, 3.63) is 35.4 Å². The summed E-state index contributed by atoms with van der Waals surface area (Å²) in [5.74, 6) is 5.87. The SMILES string of the molecule is CCS(=O)(=O)N(C)Cc1ccc(C#CCCO)cc1. The van der Waals surface area contributed by atoms with E-state index in [0.717, 1.165) is 11.1 Å². The first-order valence-corrected chi connectivity index (χ1v) is 7.73. The number of benzene rings is 1. The lowest BCUT2D eigenvalue weighted by Gasteiger charge is -2.15. The highest BCUT2D eigenvalue weighted by Crippen LogP contribution is 2.09. The maximum Gasteiger partial charge on any atom is 0.213 e. The van der Waals surface area contributed by atoms with E-state index in [9.17, 15) is 8.42 Å². The zero-order valence-electron chi connectivity index (χ0n) is 11.3. The lowest BCUT2D eigenvalue weighted by molar-refractivity contribution is 0.305. The minimum absolute atomic E-state index is 0.0603. The molecule has 104 valence electrons. The van der Waals surface area contributed by atoms with Gasteiger partial charge in [0.15, 0.2) is 0 Å². The second-order valence-corrected chi connectivity index (χ2v) is 6.49. The van der Waals surface area contributed by atoms with Gasteiger partial charge in [0.1, 0.15) is 0 Å². The summed E-state index contributed by atoms with van der Waals surface area (Å²) in [5.41, 5.74) is 1.78. The van der Waals surface area contributed by atoms with Gasteiger partial charge in [0.2, 0.25) is 10.0 Å². The molecule has 0 radical (unpaired) electrons. The van der Waals surface area contributed by atoms with Crippen LogP contribution < -0.4 is 0 Å². The van der Waals surface area contributed by atoms with Gasteiger partial charge >= 0.3 is 0 Å². The quantitative estimate of drug-likeness (QED) is 0.825. The van der Waals surface area contributed by atoms with Gasteiger partial charge in [-0.3, -0.25) is 0 Å². The molecule has 0 amide bonds. The highest BCUT2D eigenvalue weighted by Gasteiger charge is 2.14. The molecule has 19 heavy (non-hydrogen) atoms. The van der Waals surface area contributed by atoms with Crippen LogP contribution in [-0.2, 0) is 16.6 Å². The van der Waals surface area contributed by atoms with Crippen LogP contribution in [0.1, 0.15) is 24.5 Å². The van der Waals surface area contributed by atoms with Crippen molar-refractivity contribution in [1.29, 1.82) is 0 Å². The maximum atomic E-state index is 11.6. The Morgan fingerprint density at radius 2 is 1.89 bits per heavy atom. The predicted molar refractivity (Wildman–Crippen MR) is 76.0 cm³/mol. The number of sulfonamides is 1. The molecule has 0 aromatic heterocycles. The predicted octanol–water partition coefficient (Wildman–Crippen LogP) is 1.20. The summed E-state index contributed by atoms with van der Waals surface area (Å²) < 4.78 is 24.6. The fourth-order valence-electron chi connectivity index (χ4n) is 1.49. The molecule has 0 spiro atoms. The molecule has 0 aliphatic rings. The number of rotatable bonds is 5. The van der Waals surface area contributed by atoms with E-state index in [2.05, 4.69) is 11.8 Å². The number of nitrogens with zero attached hydrogens (tertiary/aromatic N) is 1. The standard InChI is InChI=1S/C14H19NO3S/c1-3-19(17,18)15(2)12-14-9-7-13(8-10-14)6-4-5-11-16/h7-10,16H,3,5,11-12H2,1-2H3. The maximum absolute atomic E-state index is 11.6. The van der Waals surface area contributed by atoms with E-state index in [1.165, 1.54) is 4.31 Å². The highest BCUT2D eigenvalue weighted by molar-refractivity contribution is 7.89. The van der Waals surface area contributed by atoms with Crippen molar-refractivity contribution < 1.29 is 13.5 Å². The van der Waals surface area contributed by atoms with Crippen molar-refractivity contribution in [1.82, 2.24) is 4.31 Å². The van der Waals surface area contributed by atoms with Gasteiger partial charge in [-0.25, -0.2) is 12.7 Å². The largest absolute Gasteiger partial charge is 0.395 e. The third-order valence-electron chi connectivity index (χ3n) is 2.67. The van der Waals surface area contributed by atoms with E-state index in [1.54, 1.807) is 14.0 Å². The van der Waals surface area contributed by atoms with E-state index in [0.29, 0.717) is 13.0 Å². The van der Waals surface area contributed by atoms with Crippen LogP contribution in [0.3, 0.4) is 0 Å². The Morgan fingerprint density at radius 1 is 1.26 bits per heavy atom. The number of hydrogen-bond donors (Lipinski definition) is 1. The smallest absolute Gasteiger partial charge is 0.213 e. The second kappa shape index (κ2) is 7.29. The molecule has 5 heteroatoms. The zero-order chi connectivity index (χ0) is 14.3. The molecular weight excluding hydrogens is 262 g/mol. The number of aliphatic hydroxyl groups excluding tert-OH is 1. The highest BCUT2D eigenvalue weighted by atomic mass is 32.2. The summed E-state index contributed by atoms with van der Waals surface area (Å²) in [7, 11) is -1.57. The Balaban J connectivity index is 2.71. The second-order valence-electron chi connectivity index (χ2n) is 4.13.